The van der Waals surface area contributed by atoms with E-state index in [0.29, 0.717) is 19.0 Å². The van der Waals surface area contributed by atoms with Gasteiger partial charge in [-0.25, -0.2) is 4.68 Å². The van der Waals surface area contributed by atoms with Crippen LogP contribution in [0.25, 0.3) is 11.4 Å². The lowest BCUT2D eigenvalue weighted by Crippen LogP contribution is -2.22. The first-order valence-corrected chi connectivity index (χ1v) is 7.34. The molecule has 0 N–H and O–H groups in total. The fraction of sp³-hybridized carbons (Fsp3) is 0.333. The molecular weight excluding hydrogens is 296 g/mol. The fourth-order valence-corrected chi connectivity index (χ4v) is 2.72. The van der Waals surface area contributed by atoms with Gasteiger partial charge in [0.15, 0.2) is 0 Å². The van der Waals surface area contributed by atoms with Crippen molar-refractivity contribution in [2.45, 2.75) is 12.1 Å². The molecule has 1 aliphatic heterocycles. The SMILES string of the molecule is COc1ccc(-c2cn([C@@H]3COC[C@@H]3n3cccn3)nn2)nc1. The largest absolute Gasteiger partial charge is 0.495 e. The summed E-state index contributed by atoms with van der Waals surface area (Å²) in [6.45, 7) is 1.20. The first-order valence-electron chi connectivity index (χ1n) is 7.34. The van der Waals surface area contributed by atoms with Crippen LogP contribution >= 0.6 is 0 Å². The average Bonchev–Trinajstić information content (AvgIpc) is 3.33. The minimum atomic E-state index is 0.0643. The van der Waals surface area contributed by atoms with Crippen LogP contribution in [0.4, 0.5) is 0 Å². The Hall–Kier alpha value is -2.74. The van der Waals surface area contributed by atoms with E-state index in [4.69, 9.17) is 9.47 Å². The fourth-order valence-electron chi connectivity index (χ4n) is 2.72. The maximum Gasteiger partial charge on any atom is 0.137 e. The summed E-state index contributed by atoms with van der Waals surface area (Å²) in [6, 6.07) is 5.80. The lowest BCUT2D eigenvalue weighted by molar-refractivity contribution is 0.179. The number of hydrogen-bond donors (Lipinski definition) is 0. The van der Waals surface area contributed by atoms with Crippen LogP contribution in [-0.2, 0) is 4.74 Å². The van der Waals surface area contributed by atoms with Crippen molar-refractivity contribution in [3.05, 3.63) is 43.0 Å². The van der Waals surface area contributed by atoms with E-state index in [9.17, 15) is 0 Å². The molecule has 3 aromatic rings. The van der Waals surface area contributed by atoms with Gasteiger partial charge in [-0.1, -0.05) is 5.21 Å². The highest BCUT2D eigenvalue weighted by atomic mass is 16.5. The minimum Gasteiger partial charge on any atom is -0.495 e. The normalized spacial score (nSPS) is 20.7. The first-order chi connectivity index (χ1) is 11.3. The number of methoxy groups -OCH3 is 1. The van der Waals surface area contributed by atoms with Gasteiger partial charge in [-0.05, 0) is 18.2 Å². The van der Waals surface area contributed by atoms with Crippen LogP contribution in [0.5, 0.6) is 5.75 Å². The number of ether oxygens (including phenoxy) is 2. The quantitative estimate of drug-likeness (QED) is 0.723. The highest BCUT2D eigenvalue weighted by Crippen LogP contribution is 2.29. The summed E-state index contributed by atoms with van der Waals surface area (Å²) in [6.07, 6.45) is 7.27. The van der Waals surface area contributed by atoms with Crippen LogP contribution in [0.15, 0.2) is 43.0 Å². The third kappa shape index (κ3) is 2.57. The van der Waals surface area contributed by atoms with Crippen molar-refractivity contribution in [3.63, 3.8) is 0 Å². The van der Waals surface area contributed by atoms with Crippen LogP contribution in [0, 0.1) is 0 Å². The van der Waals surface area contributed by atoms with E-state index in [2.05, 4.69) is 20.4 Å². The molecule has 4 heterocycles. The zero-order valence-electron chi connectivity index (χ0n) is 12.6. The molecule has 4 rings (SSSR count). The summed E-state index contributed by atoms with van der Waals surface area (Å²) in [7, 11) is 1.61. The lowest BCUT2D eigenvalue weighted by atomic mass is 10.2. The number of rotatable bonds is 4. The third-order valence-electron chi connectivity index (χ3n) is 3.97. The van der Waals surface area contributed by atoms with Crippen LogP contribution in [0.2, 0.25) is 0 Å². The first kappa shape index (κ1) is 13.9. The number of aromatic nitrogens is 6. The van der Waals surface area contributed by atoms with Gasteiger partial charge < -0.3 is 9.47 Å². The maximum absolute atomic E-state index is 5.61. The predicted molar refractivity (Wildman–Crippen MR) is 80.9 cm³/mol. The topological polar surface area (TPSA) is 79.9 Å². The maximum atomic E-state index is 5.61. The predicted octanol–water partition coefficient (Wildman–Crippen LogP) is 1.36. The summed E-state index contributed by atoms with van der Waals surface area (Å²) < 4.78 is 14.5. The van der Waals surface area contributed by atoms with Crippen molar-refractivity contribution < 1.29 is 9.47 Å². The van der Waals surface area contributed by atoms with Crippen LogP contribution in [0.3, 0.4) is 0 Å². The summed E-state index contributed by atoms with van der Waals surface area (Å²) in [5, 5.41) is 12.8. The second-order valence-corrected chi connectivity index (χ2v) is 5.33. The number of pyridine rings is 1. The van der Waals surface area contributed by atoms with Gasteiger partial charge in [-0.15, -0.1) is 5.10 Å². The van der Waals surface area contributed by atoms with Crippen molar-refractivity contribution in [2.75, 3.05) is 20.3 Å². The van der Waals surface area contributed by atoms with E-state index < -0.39 is 0 Å². The van der Waals surface area contributed by atoms with Crippen molar-refractivity contribution in [1.82, 2.24) is 29.8 Å². The molecule has 1 aliphatic rings. The Balaban J connectivity index is 1.59. The zero-order valence-corrected chi connectivity index (χ0v) is 12.6. The second-order valence-electron chi connectivity index (χ2n) is 5.33. The van der Waals surface area contributed by atoms with Crippen molar-refractivity contribution in [3.8, 4) is 17.1 Å². The van der Waals surface area contributed by atoms with Gasteiger partial charge in [0.2, 0.25) is 0 Å². The van der Waals surface area contributed by atoms with E-state index >= 15 is 0 Å². The van der Waals surface area contributed by atoms with Gasteiger partial charge in [-0.3, -0.25) is 9.67 Å². The van der Waals surface area contributed by atoms with E-state index in [1.165, 1.54) is 0 Å². The molecular formula is C15H16N6O2. The molecule has 0 spiro atoms. The standard InChI is InChI=1S/C15H16N6O2/c1-22-11-3-4-12(16-7-11)13-8-21(19-18-13)15-10-23-9-14(15)20-6-2-5-17-20/h2-8,14-15H,9-10H2,1H3/t14-,15+/m0/s1. The van der Waals surface area contributed by atoms with Gasteiger partial charge in [0.1, 0.15) is 17.5 Å². The Morgan fingerprint density at radius 2 is 2.04 bits per heavy atom. The molecule has 118 valence electrons. The Labute approximate surface area is 132 Å². The zero-order chi connectivity index (χ0) is 15.6. The molecule has 1 saturated heterocycles. The van der Waals surface area contributed by atoms with E-state index in [0.717, 1.165) is 11.4 Å². The smallest absolute Gasteiger partial charge is 0.137 e. The van der Waals surface area contributed by atoms with E-state index in [1.807, 2.05) is 40.0 Å². The van der Waals surface area contributed by atoms with Gasteiger partial charge in [0, 0.05) is 12.4 Å². The molecule has 3 aromatic heterocycles. The van der Waals surface area contributed by atoms with Gasteiger partial charge in [-0.2, -0.15) is 5.10 Å². The molecule has 8 nitrogen and oxygen atoms in total. The van der Waals surface area contributed by atoms with E-state index in [1.54, 1.807) is 19.5 Å². The molecule has 0 unspecified atom stereocenters. The number of hydrogen-bond acceptors (Lipinski definition) is 6. The average molecular weight is 312 g/mol. The van der Waals surface area contributed by atoms with E-state index in [-0.39, 0.29) is 12.1 Å². The molecule has 0 bridgehead atoms. The second kappa shape index (κ2) is 5.81. The monoisotopic (exact) mass is 312 g/mol. The molecule has 0 aliphatic carbocycles. The molecule has 0 radical (unpaired) electrons. The summed E-state index contributed by atoms with van der Waals surface area (Å²) in [4.78, 5) is 4.34. The van der Waals surface area contributed by atoms with Crippen LogP contribution < -0.4 is 4.74 Å². The molecule has 0 amide bonds. The Morgan fingerprint density at radius 3 is 2.74 bits per heavy atom. The van der Waals surface area contributed by atoms with Gasteiger partial charge >= 0.3 is 0 Å². The van der Waals surface area contributed by atoms with Crippen LogP contribution in [-0.4, -0.2) is 50.1 Å². The molecule has 23 heavy (non-hydrogen) atoms. The van der Waals surface area contributed by atoms with Crippen molar-refractivity contribution >= 4 is 0 Å². The minimum absolute atomic E-state index is 0.0643. The molecule has 2 atom stereocenters. The van der Waals surface area contributed by atoms with Crippen molar-refractivity contribution in [2.24, 2.45) is 0 Å². The lowest BCUT2D eigenvalue weighted by Gasteiger charge is -2.17. The molecule has 1 fully saturated rings. The Kier molecular flexibility index (Phi) is 3.51. The summed E-state index contributed by atoms with van der Waals surface area (Å²) >= 11 is 0. The summed E-state index contributed by atoms with van der Waals surface area (Å²) in [5.74, 6) is 0.712. The highest BCUT2D eigenvalue weighted by Gasteiger charge is 2.32. The molecule has 0 saturated carbocycles. The van der Waals surface area contributed by atoms with Crippen LogP contribution in [0.1, 0.15) is 12.1 Å². The highest BCUT2D eigenvalue weighted by molar-refractivity contribution is 5.52. The summed E-state index contributed by atoms with van der Waals surface area (Å²) in [5.41, 5.74) is 1.48. The van der Waals surface area contributed by atoms with Gasteiger partial charge in [0.05, 0.1) is 44.5 Å². The molecule has 0 aromatic carbocycles. The van der Waals surface area contributed by atoms with Gasteiger partial charge in [0.25, 0.3) is 0 Å². The Bertz CT molecular complexity index is 768. The third-order valence-corrected chi connectivity index (χ3v) is 3.97. The van der Waals surface area contributed by atoms with Crippen molar-refractivity contribution in [1.29, 1.82) is 0 Å². The Morgan fingerprint density at radius 1 is 1.17 bits per heavy atom. The molecule has 8 heteroatoms. The number of nitrogens with zero attached hydrogens (tertiary/aromatic N) is 6.